The Morgan fingerprint density at radius 1 is 1.19 bits per heavy atom. The van der Waals surface area contributed by atoms with Crippen LogP contribution in [0.1, 0.15) is 17.4 Å². The maximum absolute atomic E-state index is 13.2. The molecule has 21 heavy (non-hydrogen) atoms. The van der Waals surface area contributed by atoms with Crippen LogP contribution in [0.3, 0.4) is 0 Å². The van der Waals surface area contributed by atoms with Crippen molar-refractivity contribution in [1.29, 1.82) is 0 Å². The zero-order valence-electron chi connectivity index (χ0n) is 10.7. The van der Waals surface area contributed by atoms with E-state index in [4.69, 9.17) is 21.9 Å². The average Bonchev–Trinajstić information content (AvgIpc) is 2.86. The second-order valence-corrected chi connectivity index (χ2v) is 5.87. The van der Waals surface area contributed by atoms with Crippen LogP contribution in [0.25, 0.3) is 11.0 Å². The van der Waals surface area contributed by atoms with Gasteiger partial charge >= 0.3 is 0 Å². The third kappa shape index (κ3) is 2.82. The normalized spacial score (nSPS) is 12.8. The Bertz CT molecular complexity index is 805. The van der Waals surface area contributed by atoms with Crippen molar-refractivity contribution in [1.82, 2.24) is 5.43 Å². The van der Waals surface area contributed by atoms with E-state index in [-0.39, 0.29) is 11.9 Å². The number of hydrogen-bond acceptors (Lipinski definition) is 3. The topological polar surface area (TPSA) is 51.2 Å². The zero-order valence-corrected chi connectivity index (χ0v) is 13.1. The van der Waals surface area contributed by atoms with Crippen LogP contribution in [0.4, 0.5) is 4.39 Å². The smallest absolute Gasteiger partial charge is 0.134 e. The summed E-state index contributed by atoms with van der Waals surface area (Å²) >= 11 is 9.45. The van der Waals surface area contributed by atoms with Crippen molar-refractivity contribution in [3.63, 3.8) is 0 Å². The van der Waals surface area contributed by atoms with Gasteiger partial charge in [0.2, 0.25) is 0 Å². The fraction of sp³-hybridized carbons (Fsp3) is 0.0667. The lowest BCUT2D eigenvalue weighted by Gasteiger charge is -2.14. The Morgan fingerprint density at radius 2 is 2.00 bits per heavy atom. The third-order valence-electron chi connectivity index (χ3n) is 3.23. The van der Waals surface area contributed by atoms with Gasteiger partial charge in [0.25, 0.3) is 0 Å². The first-order valence-electron chi connectivity index (χ1n) is 6.18. The SMILES string of the molecule is NNC(c1ccc(Br)c(Cl)c1)c1cc2cc(F)ccc2o1. The standard InChI is InChI=1S/C15H11BrClFN2O/c16-11-3-1-8(6-12(11)17)15(20-19)14-7-9-5-10(18)2-4-13(9)21-14/h1-7,15,20H,19H2. The minimum Gasteiger partial charge on any atom is -0.459 e. The number of nitrogens with two attached hydrogens (primary N) is 1. The number of rotatable bonds is 3. The predicted octanol–water partition coefficient (Wildman–Crippen LogP) is 4.54. The summed E-state index contributed by atoms with van der Waals surface area (Å²) in [6.07, 6.45) is 0. The summed E-state index contributed by atoms with van der Waals surface area (Å²) in [6.45, 7) is 0. The van der Waals surface area contributed by atoms with Crippen molar-refractivity contribution < 1.29 is 8.81 Å². The molecule has 108 valence electrons. The molecule has 0 aliphatic rings. The number of fused-ring (bicyclic) bond motifs is 1. The summed E-state index contributed by atoms with van der Waals surface area (Å²) in [5, 5.41) is 1.27. The molecule has 1 unspecified atom stereocenters. The van der Waals surface area contributed by atoms with Crippen molar-refractivity contribution >= 4 is 38.5 Å². The number of furan rings is 1. The minimum atomic E-state index is -0.369. The highest BCUT2D eigenvalue weighted by molar-refractivity contribution is 9.10. The molecule has 3 N–H and O–H groups in total. The number of nitrogens with one attached hydrogen (secondary N) is 1. The van der Waals surface area contributed by atoms with Crippen LogP contribution in [-0.4, -0.2) is 0 Å². The van der Waals surface area contributed by atoms with Gasteiger partial charge in [-0.1, -0.05) is 17.7 Å². The van der Waals surface area contributed by atoms with Gasteiger partial charge < -0.3 is 4.42 Å². The first-order chi connectivity index (χ1) is 10.1. The van der Waals surface area contributed by atoms with E-state index in [9.17, 15) is 4.39 Å². The highest BCUT2D eigenvalue weighted by Crippen LogP contribution is 2.31. The van der Waals surface area contributed by atoms with E-state index >= 15 is 0 Å². The van der Waals surface area contributed by atoms with Gasteiger partial charge in [0, 0.05) is 9.86 Å². The van der Waals surface area contributed by atoms with Gasteiger partial charge in [-0.25, -0.2) is 9.82 Å². The Morgan fingerprint density at radius 3 is 2.71 bits per heavy atom. The van der Waals surface area contributed by atoms with E-state index in [0.717, 1.165) is 10.0 Å². The van der Waals surface area contributed by atoms with Crippen molar-refractivity contribution in [3.05, 3.63) is 69.1 Å². The van der Waals surface area contributed by atoms with Gasteiger partial charge in [-0.2, -0.15) is 0 Å². The zero-order chi connectivity index (χ0) is 15.0. The van der Waals surface area contributed by atoms with Crippen LogP contribution in [0, 0.1) is 5.82 Å². The molecule has 0 radical (unpaired) electrons. The van der Waals surface area contributed by atoms with Crippen molar-refractivity contribution in [2.45, 2.75) is 6.04 Å². The molecule has 1 atom stereocenters. The summed E-state index contributed by atoms with van der Waals surface area (Å²) in [4.78, 5) is 0. The van der Waals surface area contributed by atoms with Gasteiger partial charge in [-0.3, -0.25) is 5.84 Å². The van der Waals surface area contributed by atoms with E-state index < -0.39 is 0 Å². The molecule has 0 aliphatic heterocycles. The Labute approximate surface area is 134 Å². The van der Waals surface area contributed by atoms with Crippen LogP contribution in [0.5, 0.6) is 0 Å². The quantitative estimate of drug-likeness (QED) is 0.526. The second kappa shape index (κ2) is 5.77. The molecule has 3 nitrogen and oxygen atoms in total. The maximum Gasteiger partial charge on any atom is 0.134 e. The molecular weight excluding hydrogens is 359 g/mol. The van der Waals surface area contributed by atoms with Crippen molar-refractivity contribution in [2.24, 2.45) is 5.84 Å². The molecule has 1 aromatic heterocycles. The molecule has 0 aliphatic carbocycles. The van der Waals surface area contributed by atoms with Crippen LogP contribution in [0.15, 0.2) is 51.4 Å². The number of benzene rings is 2. The van der Waals surface area contributed by atoms with Gasteiger partial charge in [0.05, 0.1) is 5.02 Å². The summed E-state index contributed by atoms with van der Waals surface area (Å²) < 4.78 is 19.8. The molecule has 3 rings (SSSR count). The maximum atomic E-state index is 13.2. The van der Waals surface area contributed by atoms with Crippen molar-refractivity contribution in [2.75, 3.05) is 0 Å². The molecule has 0 saturated heterocycles. The van der Waals surface area contributed by atoms with Crippen LogP contribution in [-0.2, 0) is 0 Å². The fourth-order valence-electron chi connectivity index (χ4n) is 2.21. The van der Waals surface area contributed by atoms with E-state index in [1.54, 1.807) is 18.2 Å². The fourth-order valence-corrected chi connectivity index (χ4v) is 2.65. The molecule has 0 spiro atoms. The predicted molar refractivity (Wildman–Crippen MR) is 84.5 cm³/mol. The lowest BCUT2D eigenvalue weighted by molar-refractivity contribution is 0.477. The van der Waals surface area contributed by atoms with E-state index in [2.05, 4.69) is 21.4 Å². The van der Waals surface area contributed by atoms with Gasteiger partial charge in [-0.05, 0) is 57.9 Å². The Hall–Kier alpha value is -1.40. The molecule has 1 heterocycles. The molecule has 0 saturated carbocycles. The molecule has 3 aromatic rings. The van der Waals surface area contributed by atoms with E-state index in [1.165, 1.54) is 12.1 Å². The third-order valence-corrected chi connectivity index (χ3v) is 4.46. The Kier molecular flexibility index (Phi) is 3.99. The molecule has 0 fully saturated rings. The van der Waals surface area contributed by atoms with Gasteiger partial charge in [0.15, 0.2) is 0 Å². The van der Waals surface area contributed by atoms with Crippen molar-refractivity contribution in [3.8, 4) is 0 Å². The first-order valence-corrected chi connectivity index (χ1v) is 7.35. The van der Waals surface area contributed by atoms with Crippen LogP contribution in [0.2, 0.25) is 5.02 Å². The second-order valence-electron chi connectivity index (χ2n) is 4.60. The summed E-state index contributed by atoms with van der Waals surface area (Å²) in [5.41, 5.74) is 4.15. The molecular formula is C15H11BrClFN2O. The lowest BCUT2D eigenvalue weighted by atomic mass is 10.1. The summed E-state index contributed by atoms with van der Waals surface area (Å²) in [7, 11) is 0. The lowest BCUT2D eigenvalue weighted by Crippen LogP contribution is -2.28. The Balaban J connectivity index is 2.06. The number of halogens is 3. The van der Waals surface area contributed by atoms with Crippen LogP contribution < -0.4 is 11.3 Å². The van der Waals surface area contributed by atoms with E-state index in [0.29, 0.717) is 21.8 Å². The average molecular weight is 370 g/mol. The molecule has 0 bridgehead atoms. The first kappa shape index (κ1) is 14.5. The summed E-state index contributed by atoms with van der Waals surface area (Å²) in [5.74, 6) is 5.93. The highest BCUT2D eigenvalue weighted by Gasteiger charge is 2.18. The van der Waals surface area contributed by atoms with E-state index in [1.807, 2.05) is 12.1 Å². The molecule has 6 heteroatoms. The minimum absolute atomic E-state index is 0.307. The van der Waals surface area contributed by atoms with Crippen LogP contribution >= 0.6 is 27.5 Å². The summed E-state index contributed by atoms with van der Waals surface area (Å²) in [6, 6.07) is 11.3. The monoisotopic (exact) mass is 368 g/mol. The number of hydrazine groups is 1. The highest BCUT2D eigenvalue weighted by atomic mass is 79.9. The molecule has 0 amide bonds. The molecule has 2 aromatic carbocycles. The largest absolute Gasteiger partial charge is 0.459 e. The number of hydrogen-bond donors (Lipinski definition) is 2. The van der Waals surface area contributed by atoms with Gasteiger partial charge in [0.1, 0.15) is 23.2 Å². The van der Waals surface area contributed by atoms with Gasteiger partial charge in [-0.15, -0.1) is 0 Å².